The first-order valence-corrected chi connectivity index (χ1v) is 24.5. The number of Topliss-reactive ketones (excluding diaryl/α,β-unsaturated/α-hetero) is 1. The fraction of sp³-hybridized carbons (Fsp3) is 0.356. The van der Waals surface area contributed by atoms with Gasteiger partial charge >= 0.3 is 11.9 Å². The van der Waals surface area contributed by atoms with Crippen LogP contribution in [-0.4, -0.2) is 66.6 Å². The van der Waals surface area contributed by atoms with E-state index in [-0.39, 0.29) is 35.2 Å². The molecule has 5 rings (SSSR count). The number of likely N-dealkylation sites (tertiary alicyclic amines) is 1. The molecule has 2 heterocycles. The summed E-state index contributed by atoms with van der Waals surface area (Å²) in [7, 11) is -2.40. The molecule has 8 nitrogen and oxygen atoms in total. The highest BCUT2D eigenvalue weighted by Crippen LogP contribution is 2.51. The number of carbonyl (C=O) groups is 4. The molecular formula is C45H54NO7PSSi. The Labute approximate surface area is 337 Å². The lowest BCUT2D eigenvalue weighted by Gasteiger charge is -2.53. The van der Waals surface area contributed by atoms with Gasteiger partial charge in [-0.25, -0.2) is 9.59 Å². The molecule has 0 radical (unpaired) electrons. The van der Waals surface area contributed by atoms with Crippen molar-refractivity contribution in [2.75, 3.05) is 6.61 Å². The maximum atomic E-state index is 15.1. The lowest BCUT2D eigenvalue weighted by Crippen LogP contribution is -2.69. The molecule has 1 amide bonds. The lowest BCUT2D eigenvalue weighted by atomic mass is 9.80. The van der Waals surface area contributed by atoms with Gasteiger partial charge in [-0.15, -0.1) is 11.3 Å². The van der Waals surface area contributed by atoms with Crippen molar-refractivity contribution in [3.8, 4) is 0 Å². The van der Waals surface area contributed by atoms with Gasteiger partial charge in [-0.3, -0.25) is 9.59 Å². The SMILES string of the molecule is C=CCOC(=O)C(N1C(=O)[C@H]([C@@H](C)O[Si](C)(C)C(C)(C)C)[C@H]1CC(=O)c1csc(C(=O)OC(C)(C)C)c1)=P(c1ccccc1)(c1ccccc1)c1ccccc1. The van der Waals surface area contributed by atoms with Crippen LogP contribution in [-0.2, 0) is 23.5 Å². The minimum atomic E-state index is -3.21. The van der Waals surface area contributed by atoms with Crippen molar-refractivity contribution in [1.29, 1.82) is 0 Å². The van der Waals surface area contributed by atoms with E-state index in [1.165, 1.54) is 6.08 Å². The quantitative estimate of drug-likeness (QED) is 0.0315. The number of esters is 2. The monoisotopic (exact) mass is 811 g/mol. The second kappa shape index (κ2) is 17.0. The number of benzene rings is 3. The molecule has 0 saturated carbocycles. The number of ketones is 1. The molecule has 0 N–H and O–H groups in total. The van der Waals surface area contributed by atoms with Crippen LogP contribution < -0.4 is 15.9 Å². The van der Waals surface area contributed by atoms with E-state index >= 15 is 4.79 Å². The van der Waals surface area contributed by atoms with E-state index < -0.39 is 50.8 Å². The molecule has 296 valence electrons. The van der Waals surface area contributed by atoms with Crippen LogP contribution in [0.2, 0.25) is 18.1 Å². The first kappa shape index (κ1) is 42.8. The van der Waals surface area contributed by atoms with E-state index in [4.69, 9.17) is 13.9 Å². The number of hydrogen-bond acceptors (Lipinski definition) is 8. The van der Waals surface area contributed by atoms with Crippen LogP contribution >= 0.6 is 18.2 Å². The molecule has 0 aliphatic carbocycles. The highest BCUT2D eigenvalue weighted by Gasteiger charge is 2.57. The Morgan fingerprint density at radius 3 is 1.82 bits per heavy atom. The van der Waals surface area contributed by atoms with Gasteiger partial charge in [-0.1, -0.05) is 124 Å². The topological polar surface area (TPSA) is 99.2 Å². The van der Waals surface area contributed by atoms with Crippen molar-refractivity contribution in [1.82, 2.24) is 4.90 Å². The van der Waals surface area contributed by atoms with E-state index in [9.17, 15) is 14.4 Å². The van der Waals surface area contributed by atoms with Crippen molar-refractivity contribution in [2.45, 2.75) is 90.8 Å². The Bertz CT molecular complexity index is 2010. The van der Waals surface area contributed by atoms with Crippen molar-refractivity contribution in [2.24, 2.45) is 5.92 Å². The number of amides is 1. The summed E-state index contributed by atoms with van der Waals surface area (Å²) in [5, 5.41) is 4.03. The maximum absolute atomic E-state index is 15.1. The molecule has 56 heavy (non-hydrogen) atoms. The number of ether oxygens (including phenoxy) is 2. The van der Waals surface area contributed by atoms with Gasteiger partial charge in [-0.05, 0) is 67.8 Å². The third kappa shape index (κ3) is 8.79. The molecule has 4 aromatic rings. The van der Waals surface area contributed by atoms with Gasteiger partial charge < -0.3 is 18.8 Å². The van der Waals surface area contributed by atoms with Gasteiger partial charge in [0.15, 0.2) is 14.1 Å². The summed E-state index contributed by atoms with van der Waals surface area (Å²) >= 11 is 1.14. The van der Waals surface area contributed by atoms with Crippen molar-refractivity contribution in [3.63, 3.8) is 0 Å². The van der Waals surface area contributed by atoms with Crippen LogP contribution in [0.3, 0.4) is 0 Å². The van der Waals surface area contributed by atoms with Gasteiger partial charge in [-0.2, -0.15) is 0 Å². The van der Waals surface area contributed by atoms with Gasteiger partial charge in [0.1, 0.15) is 22.5 Å². The normalized spacial score (nSPS) is 16.7. The second-order valence-electron chi connectivity index (χ2n) is 16.6. The van der Waals surface area contributed by atoms with E-state index in [2.05, 4.69) is 40.4 Å². The summed E-state index contributed by atoms with van der Waals surface area (Å²) in [4.78, 5) is 59.3. The minimum Gasteiger partial charge on any atom is -0.457 e. The molecule has 0 bridgehead atoms. The third-order valence-corrected chi connectivity index (χ3v) is 20.2. The Kier molecular flexibility index (Phi) is 13.0. The van der Waals surface area contributed by atoms with Crippen molar-refractivity contribution >= 4 is 71.5 Å². The fourth-order valence-electron chi connectivity index (χ4n) is 6.87. The molecule has 1 aromatic heterocycles. The predicted molar refractivity (Wildman–Crippen MR) is 232 cm³/mol. The zero-order valence-corrected chi connectivity index (χ0v) is 36.6. The molecule has 1 aliphatic rings. The molecule has 0 unspecified atom stereocenters. The Morgan fingerprint density at radius 1 is 0.875 bits per heavy atom. The summed E-state index contributed by atoms with van der Waals surface area (Å²) in [6.07, 6.45) is 0.808. The van der Waals surface area contributed by atoms with E-state index in [0.29, 0.717) is 10.4 Å². The van der Waals surface area contributed by atoms with Crippen LogP contribution in [0.15, 0.2) is 115 Å². The zero-order valence-electron chi connectivity index (χ0n) is 33.9. The van der Waals surface area contributed by atoms with Crippen LogP contribution in [0.4, 0.5) is 0 Å². The molecular weight excluding hydrogens is 758 g/mol. The lowest BCUT2D eigenvalue weighted by molar-refractivity contribution is -0.156. The molecule has 11 heteroatoms. The van der Waals surface area contributed by atoms with E-state index in [1.54, 1.807) is 37.1 Å². The maximum Gasteiger partial charge on any atom is 0.356 e. The van der Waals surface area contributed by atoms with Gasteiger partial charge in [0.2, 0.25) is 5.91 Å². The smallest absolute Gasteiger partial charge is 0.356 e. The standard InChI is InChI=1S/C45H54NO7PSSi/c1-11-27-51-43(50)41(54(33-21-15-12-16-22-33,34-23-17-13-18-24-34)35-25-19-14-20-26-35)46-36(39(40(46)48)31(2)53-56(9,10)45(6,7)8)29-37(47)32-28-38(55-30-32)42(49)52-44(3,4)5/h11-26,28,30-31,36,39H,1,27,29H2,2-10H3/t31-,36-,39-/m1/s1. The van der Waals surface area contributed by atoms with E-state index in [1.807, 2.05) is 97.9 Å². The first-order valence-electron chi connectivity index (χ1n) is 18.9. The second-order valence-corrected chi connectivity index (χ2v) is 25.6. The largest absolute Gasteiger partial charge is 0.457 e. The average Bonchev–Trinajstić information content (AvgIpc) is 3.65. The number of carbonyl (C=O) groups excluding carboxylic acids is 4. The highest BCUT2D eigenvalue weighted by atomic mass is 32.1. The molecule has 3 atom stereocenters. The van der Waals surface area contributed by atoms with Gasteiger partial charge in [0, 0.05) is 24.3 Å². The summed E-state index contributed by atoms with van der Waals surface area (Å²) in [5.41, 5.74) is -0.191. The van der Waals surface area contributed by atoms with Gasteiger partial charge in [0.05, 0.1) is 18.1 Å². The Balaban J connectivity index is 1.78. The summed E-state index contributed by atoms with van der Waals surface area (Å²) in [5.74, 6) is -2.51. The van der Waals surface area contributed by atoms with Crippen molar-refractivity contribution in [3.05, 3.63) is 126 Å². The Hall–Kier alpha value is -4.34. The number of hydrogen-bond donors (Lipinski definition) is 0. The Morgan fingerprint density at radius 2 is 1.38 bits per heavy atom. The summed E-state index contributed by atoms with van der Waals surface area (Å²) < 4.78 is 18.4. The average molecular weight is 812 g/mol. The van der Waals surface area contributed by atoms with Crippen LogP contribution in [0.1, 0.15) is 74.9 Å². The summed E-state index contributed by atoms with van der Waals surface area (Å²) in [6, 6.07) is 30.0. The van der Waals surface area contributed by atoms with Crippen LogP contribution in [0, 0.1) is 5.92 Å². The number of thiophene rings is 1. The first-order chi connectivity index (χ1) is 26.3. The minimum absolute atomic E-state index is 0.0804. The number of nitrogens with zero attached hydrogens (tertiary/aromatic N) is 1. The number of β-lactam (4-membered cyclic amide) rings is 1. The van der Waals surface area contributed by atoms with E-state index in [0.717, 1.165) is 27.3 Å². The summed E-state index contributed by atoms with van der Waals surface area (Å²) in [6.45, 7) is 18.4. The zero-order chi connectivity index (χ0) is 41.1. The van der Waals surface area contributed by atoms with Gasteiger partial charge in [0.25, 0.3) is 0 Å². The highest BCUT2D eigenvalue weighted by molar-refractivity contribution is 7.96. The molecule has 1 fully saturated rings. The van der Waals surface area contributed by atoms with Crippen molar-refractivity contribution < 1.29 is 33.1 Å². The van der Waals surface area contributed by atoms with Crippen LogP contribution in [0.25, 0.3) is 0 Å². The predicted octanol–water partition coefficient (Wildman–Crippen LogP) is 8.37. The molecule has 1 aliphatic heterocycles. The molecule has 3 aromatic carbocycles. The molecule has 1 saturated heterocycles. The number of rotatable bonds is 14. The third-order valence-electron chi connectivity index (χ3n) is 10.5. The van der Waals surface area contributed by atoms with Crippen LogP contribution in [0.5, 0.6) is 0 Å². The fourth-order valence-corrected chi connectivity index (χ4v) is 13.5. The molecule has 0 spiro atoms.